The molecule has 1 amide bonds. The molecule has 0 unspecified atom stereocenters. The topological polar surface area (TPSA) is 92.9 Å². The number of aromatic nitrogens is 4. The number of pyridine rings is 1. The fraction of sp³-hybridized carbons (Fsp3) is 0.385. The van der Waals surface area contributed by atoms with Gasteiger partial charge in [0.2, 0.25) is 0 Å². The Labute approximate surface area is 116 Å². The molecule has 2 rings (SSSR count). The first-order chi connectivity index (χ1) is 9.75. The highest BCUT2D eigenvalue weighted by atomic mass is 16.4. The molecule has 7 heteroatoms. The number of unbranched alkanes of at least 4 members (excludes halogenated alkanes) is 2. The predicted octanol–water partition coefficient (Wildman–Crippen LogP) is 1.78. The van der Waals surface area contributed by atoms with E-state index >= 15 is 0 Å². The summed E-state index contributed by atoms with van der Waals surface area (Å²) < 4.78 is 1.79. The number of nitrogens with zero attached hydrogens (tertiary/aromatic N) is 4. The molecule has 2 aromatic rings. The Balaban J connectivity index is 1.72. The smallest absolute Gasteiger partial charge is 0.404 e. The van der Waals surface area contributed by atoms with Crippen LogP contribution in [0.25, 0.3) is 11.4 Å². The lowest BCUT2D eigenvalue weighted by Crippen LogP contribution is -2.21. The van der Waals surface area contributed by atoms with Crippen molar-refractivity contribution in [1.82, 2.24) is 25.3 Å². The minimum atomic E-state index is -0.971. The molecule has 2 N–H and O–H groups in total. The maximum absolute atomic E-state index is 10.3. The summed E-state index contributed by atoms with van der Waals surface area (Å²) in [4.78, 5) is 14.5. The minimum Gasteiger partial charge on any atom is -0.465 e. The van der Waals surface area contributed by atoms with E-state index in [2.05, 4.69) is 20.6 Å². The standard InChI is InChI=1S/C13H17N5O2/c19-13(20)15-8-3-1-5-9-18-10-12(16-17-18)11-6-2-4-7-14-11/h2,4,6-7,10,15H,1,3,5,8-9H2,(H,19,20). The summed E-state index contributed by atoms with van der Waals surface area (Å²) in [6.45, 7) is 1.26. The van der Waals surface area contributed by atoms with Crippen LogP contribution in [0.4, 0.5) is 4.79 Å². The summed E-state index contributed by atoms with van der Waals surface area (Å²) in [7, 11) is 0. The van der Waals surface area contributed by atoms with E-state index in [0.717, 1.165) is 37.2 Å². The maximum Gasteiger partial charge on any atom is 0.404 e. The number of carbonyl (C=O) groups is 1. The number of rotatable bonds is 7. The highest BCUT2D eigenvalue weighted by Gasteiger charge is 2.04. The second kappa shape index (κ2) is 7.22. The van der Waals surface area contributed by atoms with Gasteiger partial charge >= 0.3 is 6.09 Å². The Morgan fingerprint density at radius 1 is 1.25 bits per heavy atom. The van der Waals surface area contributed by atoms with Crippen LogP contribution >= 0.6 is 0 Å². The average molecular weight is 275 g/mol. The van der Waals surface area contributed by atoms with Gasteiger partial charge in [0, 0.05) is 19.3 Å². The van der Waals surface area contributed by atoms with Gasteiger partial charge in [-0.15, -0.1) is 5.10 Å². The van der Waals surface area contributed by atoms with E-state index in [1.54, 1.807) is 10.9 Å². The molecule has 20 heavy (non-hydrogen) atoms. The number of aryl methyl sites for hydroxylation is 1. The van der Waals surface area contributed by atoms with E-state index in [1.165, 1.54) is 0 Å². The number of nitrogens with one attached hydrogen (secondary N) is 1. The van der Waals surface area contributed by atoms with Gasteiger partial charge < -0.3 is 10.4 Å². The van der Waals surface area contributed by atoms with Crippen LogP contribution in [0.1, 0.15) is 19.3 Å². The molecule has 0 aliphatic rings. The number of carboxylic acid groups (broad SMARTS) is 1. The summed E-state index contributed by atoms with van der Waals surface area (Å²) in [6, 6.07) is 5.67. The van der Waals surface area contributed by atoms with Gasteiger partial charge in [0.15, 0.2) is 0 Å². The zero-order valence-electron chi connectivity index (χ0n) is 11.1. The van der Waals surface area contributed by atoms with Crippen molar-refractivity contribution < 1.29 is 9.90 Å². The van der Waals surface area contributed by atoms with Gasteiger partial charge in [0.1, 0.15) is 5.69 Å². The molecule has 2 aromatic heterocycles. The molecule has 0 aliphatic heterocycles. The number of hydrogen-bond donors (Lipinski definition) is 2. The fourth-order valence-electron chi connectivity index (χ4n) is 1.81. The third-order valence-electron chi connectivity index (χ3n) is 2.81. The second-order valence-electron chi connectivity index (χ2n) is 4.37. The van der Waals surface area contributed by atoms with Crippen molar-refractivity contribution in [2.75, 3.05) is 6.54 Å². The van der Waals surface area contributed by atoms with Gasteiger partial charge in [-0.05, 0) is 31.4 Å². The summed E-state index contributed by atoms with van der Waals surface area (Å²) in [5.74, 6) is 0. The molecule has 7 nitrogen and oxygen atoms in total. The van der Waals surface area contributed by atoms with E-state index < -0.39 is 6.09 Å². The van der Waals surface area contributed by atoms with Gasteiger partial charge in [0.25, 0.3) is 0 Å². The molecule has 0 spiro atoms. The molecule has 0 bridgehead atoms. The van der Waals surface area contributed by atoms with Crippen molar-refractivity contribution in [3.05, 3.63) is 30.6 Å². The lowest BCUT2D eigenvalue weighted by Gasteiger charge is -2.01. The first-order valence-electron chi connectivity index (χ1n) is 6.54. The van der Waals surface area contributed by atoms with E-state index in [4.69, 9.17) is 5.11 Å². The molecular formula is C13H17N5O2. The Kier molecular flexibility index (Phi) is 5.05. The largest absolute Gasteiger partial charge is 0.465 e. The highest BCUT2D eigenvalue weighted by molar-refractivity contribution is 5.64. The highest BCUT2D eigenvalue weighted by Crippen LogP contribution is 2.11. The molecule has 2 heterocycles. The van der Waals surface area contributed by atoms with Crippen molar-refractivity contribution in [3.63, 3.8) is 0 Å². The first-order valence-corrected chi connectivity index (χ1v) is 6.54. The van der Waals surface area contributed by atoms with Crippen LogP contribution < -0.4 is 5.32 Å². The molecule has 0 atom stereocenters. The van der Waals surface area contributed by atoms with Gasteiger partial charge in [-0.25, -0.2) is 4.79 Å². The quantitative estimate of drug-likeness (QED) is 0.751. The summed E-state index contributed by atoms with van der Waals surface area (Å²) in [6.07, 6.45) is 5.34. The molecule has 0 saturated carbocycles. The van der Waals surface area contributed by atoms with Crippen molar-refractivity contribution in [2.24, 2.45) is 0 Å². The second-order valence-corrected chi connectivity index (χ2v) is 4.37. The van der Waals surface area contributed by atoms with Gasteiger partial charge in [-0.3, -0.25) is 9.67 Å². The number of amides is 1. The zero-order chi connectivity index (χ0) is 14.2. The van der Waals surface area contributed by atoms with E-state index in [9.17, 15) is 4.79 Å². The Bertz CT molecular complexity index is 541. The normalized spacial score (nSPS) is 10.4. The molecule has 0 aromatic carbocycles. The summed E-state index contributed by atoms with van der Waals surface area (Å²) in [5.41, 5.74) is 1.57. The van der Waals surface area contributed by atoms with Gasteiger partial charge in [-0.2, -0.15) is 0 Å². The van der Waals surface area contributed by atoms with Crippen LogP contribution in [-0.4, -0.2) is 37.7 Å². The maximum atomic E-state index is 10.3. The van der Waals surface area contributed by atoms with Crippen molar-refractivity contribution in [2.45, 2.75) is 25.8 Å². The molecule has 0 saturated heterocycles. The van der Waals surface area contributed by atoms with Crippen molar-refractivity contribution in [1.29, 1.82) is 0 Å². The first kappa shape index (κ1) is 14.0. The Morgan fingerprint density at radius 2 is 2.15 bits per heavy atom. The third-order valence-corrected chi connectivity index (χ3v) is 2.81. The lowest BCUT2D eigenvalue weighted by atomic mass is 10.2. The monoisotopic (exact) mass is 275 g/mol. The predicted molar refractivity (Wildman–Crippen MR) is 73.1 cm³/mol. The van der Waals surface area contributed by atoms with Crippen LogP contribution in [0, 0.1) is 0 Å². The molecular weight excluding hydrogens is 258 g/mol. The van der Waals surface area contributed by atoms with Crippen LogP contribution in [0.5, 0.6) is 0 Å². The summed E-state index contributed by atoms with van der Waals surface area (Å²) >= 11 is 0. The van der Waals surface area contributed by atoms with E-state index in [1.807, 2.05) is 24.4 Å². The van der Waals surface area contributed by atoms with Crippen LogP contribution in [0.15, 0.2) is 30.6 Å². The van der Waals surface area contributed by atoms with E-state index in [-0.39, 0.29) is 0 Å². The third kappa shape index (κ3) is 4.34. The van der Waals surface area contributed by atoms with Gasteiger partial charge in [-0.1, -0.05) is 11.3 Å². The molecule has 0 radical (unpaired) electrons. The van der Waals surface area contributed by atoms with Crippen molar-refractivity contribution in [3.8, 4) is 11.4 Å². The van der Waals surface area contributed by atoms with Crippen LogP contribution in [-0.2, 0) is 6.54 Å². The molecule has 0 aliphatic carbocycles. The molecule has 106 valence electrons. The Morgan fingerprint density at radius 3 is 2.90 bits per heavy atom. The number of hydrogen-bond acceptors (Lipinski definition) is 4. The fourth-order valence-corrected chi connectivity index (χ4v) is 1.81. The van der Waals surface area contributed by atoms with Crippen LogP contribution in [0.2, 0.25) is 0 Å². The average Bonchev–Trinajstić information content (AvgIpc) is 2.92. The SMILES string of the molecule is O=C(O)NCCCCCn1cc(-c2ccccn2)nn1. The Hall–Kier alpha value is -2.44. The lowest BCUT2D eigenvalue weighted by molar-refractivity contribution is 0.194. The van der Waals surface area contributed by atoms with Crippen LogP contribution in [0.3, 0.4) is 0 Å². The minimum absolute atomic E-state index is 0.492. The van der Waals surface area contributed by atoms with Gasteiger partial charge in [0.05, 0.1) is 11.9 Å². The van der Waals surface area contributed by atoms with Crippen molar-refractivity contribution >= 4 is 6.09 Å². The summed E-state index contributed by atoms with van der Waals surface area (Å²) in [5, 5.41) is 18.9. The van der Waals surface area contributed by atoms with E-state index in [0.29, 0.717) is 6.54 Å². The molecule has 0 fully saturated rings. The zero-order valence-corrected chi connectivity index (χ0v) is 11.1.